The van der Waals surface area contributed by atoms with Gasteiger partial charge in [-0.25, -0.2) is 4.98 Å². The van der Waals surface area contributed by atoms with Crippen LogP contribution >= 0.6 is 0 Å². The Balaban J connectivity index is 1.21. The summed E-state index contributed by atoms with van der Waals surface area (Å²) in [6, 6.07) is 5.36. The molecule has 3 aliphatic rings. The second-order valence-corrected chi connectivity index (χ2v) is 8.86. The molecular weight excluding hydrogens is 437 g/mol. The van der Waals surface area contributed by atoms with E-state index in [0.29, 0.717) is 24.9 Å². The van der Waals surface area contributed by atoms with Gasteiger partial charge in [0.25, 0.3) is 5.91 Å². The Hall–Kier alpha value is -2.88. The molecule has 3 fully saturated rings. The molecule has 3 heterocycles. The monoisotopic (exact) mass is 462 g/mol. The van der Waals surface area contributed by atoms with Crippen LogP contribution in [-0.2, 0) is 0 Å². The van der Waals surface area contributed by atoms with Gasteiger partial charge >= 0.3 is 6.36 Å². The number of halogens is 3. The number of benzene rings is 1. The molecule has 176 valence electrons. The van der Waals surface area contributed by atoms with E-state index in [0.717, 1.165) is 37.7 Å². The maximum Gasteiger partial charge on any atom is 0.573 e. The predicted octanol–water partition coefficient (Wildman–Crippen LogP) is 3.62. The van der Waals surface area contributed by atoms with Crippen molar-refractivity contribution in [3.8, 4) is 11.6 Å². The summed E-state index contributed by atoms with van der Waals surface area (Å²) in [6.07, 6.45) is 2.49. The fourth-order valence-corrected chi connectivity index (χ4v) is 4.64. The van der Waals surface area contributed by atoms with Crippen molar-refractivity contribution in [2.45, 2.75) is 50.1 Å². The van der Waals surface area contributed by atoms with Gasteiger partial charge in [-0.15, -0.1) is 13.2 Å². The molecule has 2 aromatic rings. The summed E-state index contributed by atoms with van der Waals surface area (Å²) in [5.41, 5.74) is 1.20. The summed E-state index contributed by atoms with van der Waals surface area (Å²) < 4.78 is 47.6. The molecule has 1 amide bonds. The first kappa shape index (κ1) is 21.9. The lowest BCUT2D eigenvalue weighted by Gasteiger charge is -2.25. The lowest BCUT2D eigenvalue weighted by molar-refractivity contribution is -0.274. The van der Waals surface area contributed by atoms with Gasteiger partial charge in [0.05, 0.1) is 18.1 Å². The molecule has 7 nitrogen and oxygen atoms in total. The van der Waals surface area contributed by atoms with Crippen LogP contribution < -0.4 is 9.47 Å². The van der Waals surface area contributed by atoms with E-state index in [2.05, 4.69) is 19.6 Å². The third kappa shape index (κ3) is 5.38. The Kier molecular flexibility index (Phi) is 5.86. The molecule has 0 spiro atoms. The second kappa shape index (κ2) is 8.81. The van der Waals surface area contributed by atoms with Gasteiger partial charge in [0.2, 0.25) is 5.88 Å². The maximum atomic E-state index is 13.0. The SMILES string of the molecule is O=C(c1cccc(OC(F)(F)F)c1)N1CCCN2C[C@H](Oc3cnc(C4CC4)cn3)C[C@@H]2C1. The summed E-state index contributed by atoms with van der Waals surface area (Å²) >= 11 is 0. The van der Waals surface area contributed by atoms with E-state index in [4.69, 9.17) is 4.74 Å². The molecule has 2 saturated heterocycles. The van der Waals surface area contributed by atoms with Crippen LogP contribution in [0.5, 0.6) is 11.6 Å². The summed E-state index contributed by atoms with van der Waals surface area (Å²) in [7, 11) is 0. The third-order valence-electron chi connectivity index (χ3n) is 6.33. The van der Waals surface area contributed by atoms with Crippen LogP contribution in [0.1, 0.15) is 47.7 Å². The quantitative estimate of drug-likeness (QED) is 0.676. The van der Waals surface area contributed by atoms with E-state index in [1.165, 1.54) is 31.0 Å². The number of aromatic nitrogens is 2. The zero-order chi connectivity index (χ0) is 23.0. The lowest BCUT2D eigenvalue weighted by atomic mass is 10.1. The Bertz CT molecular complexity index is 997. The Morgan fingerprint density at radius 2 is 1.94 bits per heavy atom. The van der Waals surface area contributed by atoms with Crippen molar-refractivity contribution in [3.63, 3.8) is 0 Å². The first-order valence-electron chi connectivity index (χ1n) is 11.2. The third-order valence-corrected chi connectivity index (χ3v) is 6.33. The smallest absolute Gasteiger partial charge is 0.472 e. The van der Waals surface area contributed by atoms with Gasteiger partial charge in [-0.3, -0.25) is 14.7 Å². The van der Waals surface area contributed by atoms with Gasteiger partial charge < -0.3 is 14.4 Å². The van der Waals surface area contributed by atoms with Gasteiger partial charge in [0.15, 0.2) is 0 Å². The van der Waals surface area contributed by atoms with Crippen LogP contribution in [-0.4, -0.2) is 70.4 Å². The minimum absolute atomic E-state index is 0.0466. The number of fused-ring (bicyclic) bond motifs is 1. The van der Waals surface area contributed by atoms with E-state index in [1.54, 1.807) is 17.3 Å². The van der Waals surface area contributed by atoms with Gasteiger partial charge in [0, 0.05) is 50.1 Å². The molecule has 1 aliphatic carbocycles. The second-order valence-electron chi connectivity index (χ2n) is 8.86. The minimum Gasteiger partial charge on any atom is -0.472 e. The number of hydrogen-bond donors (Lipinski definition) is 0. The molecule has 0 radical (unpaired) electrons. The van der Waals surface area contributed by atoms with Crippen molar-refractivity contribution in [2.24, 2.45) is 0 Å². The van der Waals surface area contributed by atoms with Crippen molar-refractivity contribution in [1.82, 2.24) is 19.8 Å². The fourth-order valence-electron chi connectivity index (χ4n) is 4.64. The van der Waals surface area contributed by atoms with E-state index in [9.17, 15) is 18.0 Å². The largest absolute Gasteiger partial charge is 0.573 e. The summed E-state index contributed by atoms with van der Waals surface area (Å²) in [5, 5.41) is 0. The van der Waals surface area contributed by atoms with Crippen molar-refractivity contribution in [2.75, 3.05) is 26.2 Å². The highest BCUT2D eigenvalue weighted by molar-refractivity contribution is 5.94. The number of rotatable bonds is 5. The maximum absolute atomic E-state index is 13.0. The van der Waals surface area contributed by atoms with E-state index >= 15 is 0 Å². The van der Waals surface area contributed by atoms with E-state index in [1.807, 2.05) is 0 Å². The zero-order valence-electron chi connectivity index (χ0n) is 18.0. The fraction of sp³-hybridized carbons (Fsp3) is 0.522. The Morgan fingerprint density at radius 1 is 1.09 bits per heavy atom. The first-order chi connectivity index (χ1) is 15.8. The number of carbonyl (C=O) groups is 1. The normalized spacial score (nSPS) is 23.7. The van der Waals surface area contributed by atoms with Gasteiger partial charge in [-0.2, -0.15) is 0 Å². The highest BCUT2D eigenvalue weighted by atomic mass is 19.4. The summed E-state index contributed by atoms with van der Waals surface area (Å²) in [5.74, 6) is 0.361. The minimum atomic E-state index is -4.80. The van der Waals surface area contributed by atoms with Crippen LogP contribution in [0.2, 0.25) is 0 Å². The van der Waals surface area contributed by atoms with Crippen LogP contribution in [0.4, 0.5) is 13.2 Å². The number of amides is 1. The predicted molar refractivity (Wildman–Crippen MR) is 112 cm³/mol. The molecule has 2 atom stereocenters. The van der Waals surface area contributed by atoms with Gasteiger partial charge in [-0.1, -0.05) is 6.07 Å². The van der Waals surface area contributed by atoms with Crippen molar-refractivity contribution in [3.05, 3.63) is 47.9 Å². The lowest BCUT2D eigenvalue weighted by Crippen LogP contribution is -2.39. The number of ether oxygens (including phenoxy) is 2. The number of carbonyl (C=O) groups excluding carboxylic acids is 1. The molecule has 1 saturated carbocycles. The number of hydrogen-bond acceptors (Lipinski definition) is 6. The Morgan fingerprint density at radius 3 is 2.67 bits per heavy atom. The summed E-state index contributed by atoms with van der Waals surface area (Å²) in [4.78, 5) is 25.9. The average Bonchev–Trinajstić information content (AvgIpc) is 3.58. The molecule has 5 rings (SSSR count). The molecule has 0 N–H and O–H groups in total. The van der Waals surface area contributed by atoms with Crippen LogP contribution in [0, 0.1) is 0 Å². The van der Waals surface area contributed by atoms with E-state index < -0.39 is 12.1 Å². The topological polar surface area (TPSA) is 67.8 Å². The highest BCUT2D eigenvalue weighted by Gasteiger charge is 2.37. The van der Waals surface area contributed by atoms with Crippen LogP contribution in [0.3, 0.4) is 0 Å². The van der Waals surface area contributed by atoms with E-state index in [-0.39, 0.29) is 23.6 Å². The van der Waals surface area contributed by atoms with Crippen molar-refractivity contribution >= 4 is 5.91 Å². The first-order valence-corrected chi connectivity index (χ1v) is 11.2. The van der Waals surface area contributed by atoms with Crippen LogP contribution in [0.15, 0.2) is 36.7 Å². The molecular formula is C23H25F3N4O3. The molecule has 0 bridgehead atoms. The summed E-state index contributed by atoms with van der Waals surface area (Å²) in [6.45, 7) is 2.62. The van der Waals surface area contributed by atoms with Crippen LogP contribution in [0.25, 0.3) is 0 Å². The number of alkyl halides is 3. The highest BCUT2D eigenvalue weighted by Crippen LogP contribution is 2.38. The molecule has 0 unspecified atom stereocenters. The molecule has 1 aromatic carbocycles. The zero-order valence-corrected chi connectivity index (χ0v) is 18.0. The standard InChI is InChI=1S/C23H25F3N4O3/c24-23(25,26)33-18-4-1-3-16(9-18)22(31)30-8-2-7-29-14-19(10-17(29)13-30)32-21-12-27-20(11-28-21)15-5-6-15/h1,3-4,9,11-12,15,17,19H,2,5-8,10,13-14H2/t17-,19-/m1/s1. The van der Waals surface area contributed by atoms with Gasteiger partial charge in [0.1, 0.15) is 11.9 Å². The molecule has 33 heavy (non-hydrogen) atoms. The Labute approximate surface area is 189 Å². The van der Waals surface area contributed by atoms with Crippen molar-refractivity contribution in [1.29, 1.82) is 0 Å². The molecule has 2 aliphatic heterocycles. The number of nitrogens with zero attached hydrogens (tertiary/aromatic N) is 4. The van der Waals surface area contributed by atoms with Crippen molar-refractivity contribution < 1.29 is 27.4 Å². The molecule has 1 aromatic heterocycles. The molecule has 10 heteroatoms. The average molecular weight is 462 g/mol. The van der Waals surface area contributed by atoms with Gasteiger partial charge in [-0.05, 0) is 37.5 Å².